The first kappa shape index (κ1) is 10.3. The van der Waals surface area contributed by atoms with Gasteiger partial charge in [-0.15, -0.1) is 0 Å². The molecule has 3 nitrogen and oxygen atoms in total. The molecular weight excluding hydrogens is 196 g/mol. The van der Waals surface area contributed by atoms with Gasteiger partial charge in [0.15, 0.2) is 0 Å². The first-order chi connectivity index (χ1) is 6.70. The molecule has 0 unspecified atom stereocenters. The third kappa shape index (κ3) is 2.06. The third-order valence-corrected chi connectivity index (χ3v) is 4.03. The number of carbonyl (C=O) groups excluding carboxylic acids is 1. The van der Waals surface area contributed by atoms with Gasteiger partial charge in [0.25, 0.3) is 0 Å². The Morgan fingerprint density at radius 2 is 2.14 bits per heavy atom. The van der Waals surface area contributed by atoms with E-state index < -0.39 is 0 Å². The summed E-state index contributed by atoms with van der Waals surface area (Å²) in [7, 11) is 0. The van der Waals surface area contributed by atoms with Gasteiger partial charge in [0, 0.05) is 17.8 Å². The normalized spacial score (nSPS) is 28.9. The average molecular weight is 214 g/mol. The van der Waals surface area contributed by atoms with Crippen molar-refractivity contribution in [2.24, 2.45) is 5.73 Å². The number of nitrogens with two attached hydrogens (primary N) is 1. The van der Waals surface area contributed by atoms with Crippen LogP contribution in [0.25, 0.3) is 0 Å². The molecule has 2 rings (SSSR count). The van der Waals surface area contributed by atoms with Crippen molar-refractivity contribution in [3.8, 4) is 0 Å². The number of nitrogens with zero attached hydrogens (tertiary/aromatic N) is 1. The lowest BCUT2D eigenvalue weighted by atomic mass is 10.2. The van der Waals surface area contributed by atoms with Gasteiger partial charge in [-0.2, -0.15) is 11.8 Å². The van der Waals surface area contributed by atoms with Crippen LogP contribution in [-0.2, 0) is 4.79 Å². The molecule has 0 radical (unpaired) electrons. The van der Waals surface area contributed by atoms with E-state index in [-0.39, 0.29) is 11.9 Å². The highest BCUT2D eigenvalue weighted by Crippen LogP contribution is 2.33. The van der Waals surface area contributed by atoms with Gasteiger partial charge >= 0.3 is 0 Å². The Bertz CT molecular complexity index is 222. The molecule has 0 aromatic heterocycles. The Kier molecular flexibility index (Phi) is 3.02. The zero-order valence-corrected chi connectivity index (χ0v) is 9.43. The first-order valence-electron chi connectivity index (χ1n) is 5.35. The third-order valence-electron chi connectivity index (χ3n) is 2.88. The topological polar surface area (TPSA) is 46.3 Å². The van der Waals surface area contributed by atoms with Crippen LogP contribution in [0.15, 0.2) is 0 Å². The fraction of sp³-hybridized carbons (Fsp3) is 0.900. The number of hydrogen-bond acceptors (Lipinski definition) is 3. The molecule has 1 saturated heterocycles. The predicted octanol–water partition coefficient (Wildman–Crippen LogP) is 0.830. The van der Waals surface area contributed by atoms with Gasteiger partial charge in [0.2, 0.25) is 5.91 Å². The van der Waals surface area contributed by atoms with Crippen molar-refractivity contribution >= 4 is 17.7 Å². The molecule has 1 aliphatic carbocycles. The highest BCUT2D eigenvalue weighted by Gasteiger charge is 2.39. The highest BCUT2D eigenvalue weighted by molar-refractivity contribution is 7.99. The van der Waals surface area contributed by atoms with Crippen LogP contribution in [0.3, 0.4) is 0 Å². The largest absolute Gasteiger partial charge is 0.335 e. The smallest absolute Gasteiger partial charge is 0.239 e. The Balaban J connectivity index is 2.02. The minimum Gasteiger partial charge on any atom is -0.335 e. The average Bonchev–Trinajstić information content (AvgIpc) is 2.81. The van der Waals surface area contributed by atoms with E-state index in [4.69, 9.17) is 5.73 Å². The Labute approximate surface area is 89.4 Å². The number of thioether (sulfide) groups is 1. The first-order valence-corrected chi connectivity index (χ1v) is 6.51. The van der Waals surface area contributed by atoms with Crippen LogP contribution in [0.2, 0.25) is 0 Å². The summed E-state index contributed by atoms with van der Waals surface area (Å²) in [6.07, 6.45) is 3.51. The van der Waals surface area contributed by atoms with E-state index >= 15 is 0 Å². The van der Waals surface area contributed by atoms with Gasteiger partial charge in [-0.1, -0.05) is 0 Å². The number of hydrogen-bond donors (Lipinski definition) is 1. The maximum atomic E-state index is 11.9. The van der Waals surface area contributed by atoms with Crippen LogP contribution in [0, 0.1) is 0 Å². The van der Waals surface area contributed by atoms with E-state index in [0.29, 0.717) is 12.1 Å². The molecule has 0 spiro atoms. The molecule has 2 aliphatic rings. The zero-order valence-electron chi connectivity index (χ0n) is 8.61. The van der Waals surface area contributed by atoms with E-state index in [9.17, 15) is 4.79 Å². The summed E-state index contributed by atoms with van der Waals surface area (Å²) in [5, 5.41) is 0. The van der Waals surface area contributed by atoms with Crippen molar-refractivity contribution in [3.63, 3.8) is 0 Å². The highest BCUT2D eigenvalue weighted by atomic mass is 32.2. The maximum Gasteiger partial charge on any atom is 0.239 e. The molecule has 2 fully saturated rings. The summed E-state index contributed by atoms with van der Waals surface area (Å²) in [5.74, 6) is 2.45. The monoisotopic (exact) mass is 214 g/mol. The minimum atomic E-state index is -0.332. The van der Waals surface area contributed by atoms with Crippen LogP contribution in [0.4, 0.5) is 0 Å². The molecule has 4 heteroatoms. The molecule has 0 aromatic carbocycles. The van der Waals surface area contributed by atoms with E-state index in [2.05, 4.69) is 4.90 Å². The molecular formula is C10H18N2OS. The number of rotatable bonds is 3. The van der Waals surface area contributed by atoms with E-state index in [1.165, 1.54) is 18.6 Å². The van der Waals surface area contributed by atoms with E-state index in [1.54, 1.807) is 6.92 Å². The lowest BCUT2D eigenvalue weighted by Crippen LogP contribution is -2.48. The van der Waals surface area contributed by atoms with Crippen molar-refractivity contribution < 1.29 is 4.79 Å². The van der Waals surface area contributed by atoms with Crippen molar-refractivity contribution in [2.75, 3.05) is 11.5 Å². The summed E-state index contributed by atoms with van der Waals surface area (Å²) in [5.41, 5.74) is 5.67. The van der Waals surface area contributed by atoms with Crippen molar-refractivity contribution in [3.05, 3.63) is 0 Å². The van der Waals surface area contributed by atoms with Crippen LogP contribution < -0.4 is 5.73 Å². The van der Waals surface area contributed by atoms with Gasteiger partial charge < -0.3 is 10.6 Å². The van der Waals surface area contributed by atoms with Gasteiger partial charge in [0.1, 0.15) is 0 Å². The fourth-order valence-electron chi connectivity index (χ4n) is 1.99. The molecule has 1 aliphatic heterocycles. The van der Waals surface area contributed by atoms with Crippen LogP contribution in [-0.4, -0.2) is 40.4 Å². The van der Waals surface area contributed by atoms with Crippen LogP contribution in [0.1, 0.15) is 26.2 Å². The molecule has 1 saturated carbocycles. The summed E-state index contributed by atoms with van der Waals surface area (Å²) < 4.78 is 0. The predicted molar refractivity (Wildman–Crippen MR) is 59.2 cm³/mol. The standard InChI is InChI=1S/C10H18N2OS/c1-7(11)10(13)12(8-2-3-8)9-4-5-14-6-9/h7-9H,2-6,11H2,1H3/t7-,9+/m0/s1. The second-order valence-electron chi connectivity index (χ2n) is 4.28. The minimum absolute atomic E-state index is 0.153. The molecule has 80 valence electrons. The van der Waals surface area contributed by atoms with Crippen molar-refractivity contribution in [1.82, 2.24) is 4.90 Å². The number of carbonyl (C=O) groups is 1. The number of amides is 1. The summed E-state index contributed by atoms with van der Waals surface area (Å²) in [4.78, 5) is 14.0. The molecule has 0 bridgehead atoms. The Morgan fingerprint density at radius 1 is 1.43 bits per heavy atom. The second kappa shape index (κ2) is 4.11. The van der Waals surface area contributed by atoms with Gasteiger partial charge in [-0.25, -0.2) is 0 Å². The maximum absolute atomic E-state index is 11.9. The molecule has 2 atom stereocenters. The molecule has 2 N–H and O–H groups in total. The fourth-order valence-corrected chi connectivity index (χ4v) is 3.19. The molecule has 14 heavy (non-hydrogen) atoms. The van der Waals surface area contributed by atoms with Gasteiger partial charge in [0.05, 0.1) is 6.04 Å². The summed E-state index contributed by atoms with van der Waals surface area (Å²) in [6.45, 7) is 1.79. The lowest BCUT2D eigenvalue weighted by molar-refractivity contribution is -0.134. The van der Waals surface area contributed by atoms with E-state index in [0.717, 1.165) is 12.2 Å². The van der Waals surface area contributed by atoms with Crippen LogP contribution >= 0.6 is 11.8 Å². The quantitative estimate of drug-likeness (QED) is 0.757. The van der Waals surface area contributed by atoms with Crippen molar-refractivity contribution in [1.29, 1.82) is 0 Å². The molecule has 1 heterocycles. The Morgan fingerprint density at radius 3 is 2.57 bits per heavy atom. The van der Waals surface area contributed by atoms with E-state index in [1.807, 2.05) is 11.8 Å². The zero-order chi connectivity index (χ0) is 10.1. The van der Waals surface area contributed by atoms with Gasteiger partial charge in [-0.3, -0.25) is 4.79 Å². The lowest BCUT2D eigenvalue weighted by Gasteiger charge is -2.30. The Hall–Kier alpha value is -0.220. The SMILES string of the molecule is C[C@H](N)C(=O)N(C1CC1)[C@@H]1CCSC1. The van der Waals surface area contributed by atoms with Crippen molar-refractivity contribution in [2.45, 2.75) is 44.3 Å². The van der Waals surface area contributed by atoms with Crippen LogP contribution in [0.5, 0.6) is 0 Å². The molecule has 1 amide bonds. The second-order valence-corrected chi connectivity index (χ2v) is 5.43. The van der Waals surface area contributed by atoms with Gasteiger partial charge in [-0.05, 0) is 31.9 Å². The molecule has 0 aromatic rings. The summed E-state index contributed by atoms with van der Waals surface area (Å²) in [6, 6.07) is 0.643. The summed E-state index contributed by atoms with van der Waals surface area (Å²) >= 11 is 1.95.